The Morgan fingerprint density at radius 3 is 2.32 bits per heavy atom. The van der Waals surface area contributed by atoms with Crippen LogP contribution >= 0.6 is 0 Å². The van der Waals surface area contributed by atoms with E-state index in [9.17, 15) is 0 Å². The van der Waals surface area contributed by atoms with Crippen LogP contribution in [0.15, 0.2) is 42.5 Å². The van der Waals surface area contributed by atoms with Gasteiger partial charge in [0.15, 0.2) is 0 Å². The summed E-state index contributed by atoms with van der Waals surface area (Å²) in [6.45, 7) is 5.50. The molecule has 0 aliphatic rings. The quantitative estimate of drug-likeness (QED) is 0.889. The first-order chi connectivity index (χ1) is 9.20. The SMILES string of the molecule is Cc1cccc(OCCc2ccc(CN)cc2)c1C. The van der Waals surface area contributed by atoms with Crippen molar-refractivity contribution in [2.45, 2.75) is 26.8 Å². The Bertz CT molecular complexity index is 531. The lowest BCUT2D eigenvalue weighted by Crippen LogP contribution is -2.03. The van der Waals surface area contributed by atoms with Crippen molar-refractivity contribution >= 4 is 0 Å². The minimum Gasteiger partial charge on any atom is -0.493 e. The van der Waals surface area contributed by atoms with Gasteiger partial charge in [-0.15, -0.1) is 0 Å². The fourth-order valence-corrected chi connectivity index (χ4v) is 2.00. The van der Waals surface area contributed by atoms with E-state index in [4.69, 9.17) is 10.5 Å². The van der Waals surface area contributed by atoms with Gasteiger partial charge in [-0.1, -0.05) is 36.4 Å². The maximum Gasteiger partial charge on any atom is 0.122 e. The molecule has 0 saturated carbocycles. The lowest BCUT2D eigenvalue weighted by molar-refractivity contribution is 0.319. The molecule has 0 aromatic heterocycles. The highest BCUT2D eigenvalue weighted by molar-refractivity contribution is 5.38. The summed E-state index contributed by atoms with van der Waals surface area (Å²) < 4.78 is 5.85. The molecule has 100 valence electrons. The molecule has 2 nitrogen and oxygen atoms in total. The normalized spacial score (nSPS) is 10.5. The smallest absolute Gasteiger partial charge is 0.122 e. The van der Waals surface area contributed by atoms with E-state index in [0.29, 0.717) is 13.2 Å². The summed E-state index contributed by atoms with van der Waals surface area (Å²) in [5.41, 5.74) is 10.5. The maximum atomic E-state index is 5.85. The van der Waals surface area contributed by atoms with Crippen LogP contribution in [0.2, 0.25) is 0 Å². The summed E-state index contributed by atoms with van der Waals surface area (Å²) in [6.07, 6.45) is 0.915. The van der Waals surface area contributed by atoms with E-state index in [1.807, 2.05) is 12.1 Å². The Kier molecular flexibility index (Phi) is 4.58. The van der Waals surface area contributed by atoms with Gasteiger partial charge < -0.3 is 10.5 Å². The predicted molar refractivity (Wildman–Crippen MR) is 79.4 cm³/mol. The zero-order chi connectivity index (χ0) is 13.7. The highest BCUT2D eigenvalue weighted by Gasteiger charge is 2.01. The van der Waals surface area contributed by atoms with Gasteiger partial charge in [0.2, 0.25) is 0 Å². The van der Waals surface area contributed by atoms with E-state index in [0.717, 1.165) is 12.2 Å². The Balaban J connectivity index is 1.90. The Hall–Kier alpha value is -1.80. The minimum atomic E-state index is 0.596. The van der Waals surface area contributed by atoms with E-state index in [2.05, 4.69) is 44.2 Å². The number of hydrogen-bond donors (Lipinski definition) is 1. The summed E-state index contributed by atoms with van der Waals surface area (Å²) in [6, 6.07) is 14.6. The molecule has 0 saturated heterocycles. The van der Waals surface area contributed by atoms with Gasteiger partial charge in [0.1, 0.15) is 5.75 Å². The number of nitrogens with two attached hydrogens (primary N) is 1. The molecular weight excluding hydrogens is 234 g/mol. The Morgan fingerprint density at radius 1 is 0.947 bits per heavy atom. The van der Waals surface area contributed by atoms with E-state index >= 15 is 0 Å². The van der Waals surface area contributed by atoms with Crippen LogP contribution in [0.4, 0.5) is 0 Å². The fraction of sp³-hybridized carbons (Fsp3) is 0.294. The van der Waals surface area contributed by atoms with Crippen LogP contribution in [-0.4, -0.2) is 6.61 Å². The molecule has 2 N–H and O–H groups in total. The van der Waals surface area contributed by atoms with Gasteiger partial charge in [-0.2, -0.15) is 0 Å². The lowest BCUT2D eigenvalue weighted by atomic mass is 10.1. The molecule has 0 unspecified atom stereocenters. The van der Waals surface area contributed by atoms with Gasteiger partial charge in [-0.25, -0.2) is 0 Å². The van der Waals surface area contributed by atoms with Crippen molar-refractivity contribution in [2.75, 3.05) is 6.61 Å². The number of rotatable bonds is 5. The number of benzene rings is 2. The summed E-state index contributed by atoms with van der Waals surface area (Å²) in [5.74, 6) is 0.985. The predicted octanol–water partition coefficient (Wildman–Crippen LogP) is 3.38. The molecule has 0 atom stereocenters. The monoisotopic (exact) mass is 255 g/mol. The number of aryl methyl sites for hydroxylation is 1. The van der Waals surface area contributed by atoms with Gasteiger partial charge in [-0.05, 0) is 42.2 Å². The molecule has 0 heterocycles. The summed E-state index contributed by atoms with van der Waals surface area (Å²) in [7, 11) is 0. The van der Waals surface area contributed by atoms with Crippen LogP contribution in [0.3, 0.4) is 0 Å². The van der Waals surface area contributed by atoms with Crippen molar-refractivity contribution in [3.63, 3.8) is 0 Å². The highest BCUT2D eigenvalue weighted by Crippen LogP contribution is 2.20. The van der Waals surface area contributed by atoms with E-state index < -0.39 is 0 Å². The molecule has 0 spiro atoms. The fourth-order valence-electron chi connectivity index (χ4n) is 2.00. The molecule has 0 amide bonds. The molecule has 0 aliphatic heterocycles. The lowest BCUT2D eigenvalue weighted by Gasteiger charge is -2.11. The third kappa shape index (κ3) is 3.58. The molecule has 0 fully saturated rings. The van der Waals surface area contributed by atoms with Crippen LogP contribution in [0.5, 0.6) is 5.75 Å². The largest absolute Gasteiger partial charge is 0.493 e. The van der Waals surface area contributed by atoms with Gasteiger partial charge in [0.25, 0.3) is 0 Å². The van der Waals surface area contributed by atoms with E-state index in [-0.39, 0.29) is 0 Å². The standard InChI is InChI=1S/C17H21NO/c1-13-4-3-5-17(14(13)2)19-11-10-15-6-8-16(12-18)9-7-15/h3-9H,10-12,18H2,1-2H3. The molecule has 2 aromatic carbocycles. The Labute approximate surface area is 115 Å². The van der Waals surface area contributed by atoms with Crippen LogP contribution in [-0.2, 0) is 13.0 Å². The highest BCUT2D eigenvalue weighted by atomic mass is 16.5. The van der Waals surface area contributed by atoms with E-state index in [1.165, 1.54) is 22.3 Å². The van der Waals surface area contributed by atoms with Crippen LogP contribution in [0.25, 0.3) is 0 Å². The second kappa shape index (κ2) is 6.39. The van der Waals surface area contributed by atoms with E-state index in [1.54, 1.807) is 0 Å². The molecule has 2 aromatic rings. The first kappa shape index (κ1) is 13.6. The second-order valence-corrected chi connectivity index (χ2v) is 4.82. The minimum absolute atomic E-state index is 0.596. The van der Waals surface area contributed by atoms with Crippen LogP contribution in [0.1, 0.15) is 22.3 Å². The van der Waals surface area contributed by atoms with Crippen molar-refractivity contribution in [1.82, 2.24) is 0 Å². The van der Waals surface area contributed by atoms with Crippen molar-refractivity contribution in [2.24, 2.45) is 5.73 Å². The van der Waals surface area contributed by atoms with Gasteiger partial charge >= 0.3 is 0 Å². The third-order valence-electron chi connectivity index (χ3n) is 3.46. The van der Waals surface area contributed by atoms with Crippen LogP contribution < -0.4 is 10.5 Å². The van der Waals surface area contributed by atoms with Gasteiger partial charge in [-0.3, -0.25) is 0 Å². The average Bonchev–Trinajstić information content (AvgIpc) is 2.44. The Morgan fingerprint density at radius 2 is 1.63 bits per heavy atom. The van der Waals surface area contributed by atoms with Crippen molar-refractivity contribution in [1.29, 1.82) is 0 Å². The average molecular weight is 255 g/mol. The zero-order valence-electron chi connectivity index (χ0n) is 11.6. The first-order valence-electron chi connectivity index (χ1n) is 6.67. The van der Waals surface area contributed by atoms with Crippen molar-refractivity contribution in [3.05, 3.63) is 64.7 Å². The van der Waals surface area contributed by atoms with Gasteiger partial charge in [0, 0.05) is 13.0 Å². The summed E-state index contributed by atoms with van der Waals surface area (Å²) in [4.78, 5) is 0. The molecule has 0 radical (unpaired) electrons. The molecule has 0 bridgehead atoms. The molecule has 19 heavy (non-hydrogen) atoms. The number of ether oxygens (including phenoxy) is 1. The topological polar surface area (TPSA) is 35.2 Å². The molecule has 0 aliphatic carbocycles. The second-order valence-electron chi connectivity index (χ2n) is 4.82. The first-order valence-corrected chi connectivity index (χ1v) is 6.67. The van der Waals surface area contributed by atoms with Crippen LogP contribution in [0, 0.1) is 13.8 Å². The molecule has 2 heteroatoms. The molecule has 2 rings (SSSR count). The summed E-state index contributed by atoms with van der Waals surface area (Å²) >= 11 is 0. The van der Waals surface area contributed by atoms with Crippen molar-refractivity contribution in [3.8, 4) is 5.75 Å². The number of hydrogen-bond acceptors (Lipinski definition) is 2. The maximum absolute atomic E-state index is 5.85. The third-order valence-corrected chi connectivity index (χ3v) is 3.46. The van der Waals surface area contributed by atoms with Crippen molar-refractivity contribution < 1.29 is 4.74 Å². The van der Waals surface area contributed by atoms with Gasteiger partial charge in [0.05, 0.1) is 6.61 Å². The zero-order valence-corrected chi connectivity index (χ0v) is 11.6. The summed E-state index contributed by atoms with van der Waals surface area (Å²) in [5, 5.41) is 0. The molecular formula is C17H21NO.